The number of rotatable bonds is 1. The first-order valence-electron chi connectivity index (χ1n) is 5.13. The molecule has 1 amide bonds. The van der Waals surface area contributed by atoms with E-state index in [1.807, 2.05) is 20.8 Å². The Morgan fingerprint density at radius 2 is 2.12 bits per heavy atom. The molecule has 6 heteroatoms. The molecule has 1 saturated heterocycles. The lowest BCUT2D eigenvalue weighted by atomic mass is 10.2. The van der Waals surface area contributed by atoms with E-state index < -0.39 is 5.60 Å². The van der Waals surface area contributed by atoms with E-state index in [9.17, 15) is 4.79 Å². The van der Waals surface area contributed by atoms with Crippen LogP contribution in [-0.2, 0) is 4.74 Å². The molecule has 1 N–H and O–H groups in total. The summed E-state index contributed by atoms with van der Waals surface area (Å²) < 4.78 is 5.27. The lowest BCUT2D eigenvalue weighted by Gasteiger charge is -2.36. The van der Waals surface area contributed by atoms with Gasteiger partial charge in [-0.3, -0.25) is 5.01 Å². The van der Waals surface area contributed by atoms with Crippen LogP contribution >= 0.6 is 11.8 Å². The highest BCUT2D eigenvalue weighted by molar-refractivity contribution is 6.13. The maximum absolute atomic E-state index is 11.7. The summed E-state index contributed by atoms with van der Waals surface area (Å²) in [6, 6.07) is 0. The standard InChI is InChI=1S/C10H18ClN3O2/c1-8-7-13(5-6-14(8)12-11)9(15)16-10(2,3)4/h12H,1,5-7H2,2-4H3. The van der Waals surface area contributed by atoms with E-state index in [2.05, 4.69) is 11.5 Å². The first kappa shape index (κ1) is 13.1. The van der Waals surface area contributed by atoms with Crippen LogP contribution in [0.5, 0.6) is 0 Å². The Morgan fingerprint density at radius 3 is 2.56 bits per heavy atom. The number of carbonyl (C=O) groups excluding carboxylic acids is 1. The summed E-state index contributed by atoms with van der Waals surface area (Å²) in [7, 11) is 0. The Labute approximate surface area is 101 Å². The summed E-state index contributed by atoms with van der Waals surface area (Å²) in [5, 5.41) is 1.70. The van der Waals surface area contributed by atoms with E-state index in [-0.39, 0.29) is 6.09 Å². The van der Waals surface area contributed by atoms with Gasteiger partial charge in [-0.1, -0.05) is 6.58 Å². The second kappa shape index (κ2) is 4.93. The molecule has 0 aliphatic carbocycles. The van der Waals surface area contributed by atoms with Crippen LogP contribution < -0.4 is 4.94 Å². The largest absolute Gasteiger partial charge is 0.444 e. The van der Waals surface area contributed by atoms with Gasteiger partial charge in [0.05, 0.1) is 13.1 Å². The van der Waals surface area contributed by atoms with Gasteiger partial charge in [0.1, 0.15) is 5.60 Å². The Kier molecular flexibility index (Phi) is 4.04. The van der Waals surface area contributed by atoms with Crippen molar-refractivity contribution in [3.63, 3.8) is 0 Å². The molecule has 0 aromatic carbocycles. The molecule has 0 saturated carbocycles. The van der Waals surface area contributed by atoms with Crippen molar-refractivity contribution >= 4 is 17.9 Å². The molecule has 0 atom stereocenters. The van der Waals surface area contributed by atoms with Crippen molar-refractivity contribution < 1.29 is 9.53 Å². The predicted octanol–water partition coefficient (Wildman–Crippen LogP) is 1.71. The molecule has 1 heterocycles. The number of halogens is 1. The van der Waals surface area contributed by atoms with E-state index in [1.165, 1.54) is 0 Å². The molecule has 1 rings (SSSR count). The molecule has 0 bridgehead atoms. The summed E-state index contributed by atoms with van der Waals surface area (Å²) in [6.45, 7) is 10.9. The van der Waals surface area contributed by atoms with Crippen LogP contribution in [0.1, 0.15) is 20.8 Å². The zero-order chi connectivity index (χ0) is 12.3. The first-order chi connectivity index (χ1) is 7.33. The quantitative estimate of drug-likeness (QED) is 0.717. The highest BCUT2D eigenvalue weighted by atomic mass is 35.5. The van der Waals surface area contributed by atoms with Crippen molar-refractivity contribution in [3.05, 3.63) is 12.3 Å². The molecular weight excluding hydrogens is 230 g/mol. The molecule has 92 valence electrons. The molecule has 5 nitrogen and oxygen atoms in total. The number of nitrogens with zero attached hydrogens (tertiary/aromatic N) is 2. The molecular formula is C10H18ClN3O2. The predicted molar refractivity (Wildman–Crippen MR) is 62.6 cm³/mol. The molecule has 1 fully saturated rings. The molecule has 0 spiro atoms. The molecule has 0 aromatic heterocycles. The van der Waals surface area contributed by atoms with Gasteiger partial charge in [-0.2, -0.15) is 0 Å². The van der Waals surface area contributed by atoms with Gasteiger partial charge in [0.25, 0.3) is 0 Å². The number of hydrazine groups is 1. The zero-order valence-electron chi connectivity index (χ0n) is 9.92. The Morgan fingerprint density at radius 1 is 1.50 bits per heavy atom. The fourth-order valence-electron chi connectivity index (χ4n) is 1.35. The van der Waals surface area contributed by atoms with Gasteiger partial charge < -0.3 is 9.64 Å². The second-order valence-corrected chi connectivity index (χ2v) is 4.87. The number of nitrogens with one attached hydrogen (secondary N) is 1. The molecule has 1 aliphatic rings. The zero-order valence-corrected chi connectivity index (χ0v) is 10.7. The fraction of sp³-hybridized carbons (Fsp3) is 0.700. The van der Waals surface area contributed by atoms with Crippen molar-refractivity contribution in [2.75, 3.05) is 19.6 Å². The highest BCUT2D eigenvalue weighted by Crippen LogP contribution is 2.14. The minimum absolute atomic E-state index is 0.317. The second-order valence-electron chi connectivity index (χ2n) is 4.70. The summed E-state index contributed by atoms with van der Waals surface area (Å²) in [6.07, 6.45) is -0.317. The number of hydrogen-bond acceptors (Lipinski definition) is 4. The van der Waals surface area contributed by atoms with E-state index in [4.69, 9.17) is 16.5 Å². The van der Waals surface area contributed by atoms with Gasteiger partial charge in [-0.05, 0) is 32.5 Å². The van der Waals surface area contributed by atoms with Crippen molar-refractivity contribution in [1.29, 1.82) is 0 Å². The van der Waals surface area contributed by atoms with Gasteiger partial charge in [0.2, 0.25) is 0 Å². The Bertz CT molecular complexity index is 288. The number of piperazine rings is 1. The van der Waals surface area contributed by atoms with E-state index in [0.717, 1.165) is 5.70 Å². The van der Waals surface area contributed by atoms with E-state index in [0.29, 0.717) is 19.6 Å². The average Bonchev–Trinajstić information content (AvgIpc) is 2.15. The Balaban J connectivity index is 2.52. The summed E-state index contributed by atoms with van der Waals surface area (Å²) in [4.78, 5) is 15.8. The molecule has 1 aliphatic heterocycles. The van der Waals surface area contributed by atoms with Gasteiger partial charge in [-0.25, -0.2) is 4.79 Å². The van der Waals surface area contributed by atoms with Crippen LogP contribution in [0.2, 0.25) is 0 Å². The van der Waals surface area contributed by atoms with Crippen LogP contribution in [0.15, 0.2) is 12.3 Å². The summed E-state index contributed by atoms with van der Waals surface area (Å²) >= 11 is 5.49. The minimum atomic E-state index is -0.472. The maximum atomic E-state index is 11.7. The fourth-order valence-corrected chi connectivity index (χ4v) is 1.55. The lowest BCUT2D eigenvalue weighted by Crippen LogP contribution is -2.50. The average molecular weight is 248 g/mol. The molecule has 0 unspecified atom stereocenters. The van der Waals surface area contributed by atoms with Crippen LogP contribution in [0, 0.1) is 0 Å². The summed E-state index contributed by atoms with van der Waals surface area (Å²) in [5.41, 5.74) is 0.271. The first-order valence-corrected chi connectivity index (χ1v) is 5.51. The van der Waals surface area contributed by atoms with Gasteiger partial charge in [0.15, 0.2) is 0 Å². The monoisotopic (exact) mass is 247 g/mol. The van der Waals surface area contributed by atoms with Crippen LogP contribution in [0.4, 0.5) is 4.79 Å². The topological polar surface area (TPSA) is 44.8 Å². The number of carbonyl (C=O) groups is 1. The maximum Gasteiger partial charge on any atom is 0.410 e. The molecule has 16 heavy (non-hydrogen) atoms. The number of ether oxygens (including phenoxy) is 1. The SMILES string of the molecule is C=C1CN(C(=O)OC(C)(C)C)CCN1NCl. The number of amides is 1. The summed E-state index contributed by atoms with van der Waals surface area (Å²) in [5.74, 6) is 0. The molecule has 0 aromatic rings. The van der Waals surface area contributed by atoms with Gasteiger partial charge in [0, 0.05) is 12.2 Å². The van der Waals surface area contributed by atoms with Gasteiger partial charge in [-0.15, -0.1) is 4.94 Å². The third-order valence-electron chi connectivity index (χ3n) is 2.10. The van der Waals surface area contributed by atoms with Gasteiger partial charge >= 0.3 is 6.09 Å². The third kappa shape index (κ3) is 3.57. The highest BCUT2D eigenvalue weighted by Gasteiger charge is 2.27. The van der Waals surface area contributed by atoms with E-state index >= 15 is 0 Å². The van der Waals surface area contributed by atoms with Crippen molar-refractivity contribution in [1.82, 2.24) is 14.9 Å². The van der Waals surface area contributed by atoms with Crippen molar-refractivity contribution in [2.45, 2.75) is 26.4 Å². The lowest BCUT2D eigenvalue weighted by molar-refractivity contribution is 0.0189. The van der Waals surface area contributed by atoms with Crippen LogP contribution in [-0.4, -0.2) is 41.2 Å². The van der Waals surface area contributed by atoms with Crippen LogP contribution in [0.3, 0.4) is 0 Å². The minimum Gasteiger partial charge on any atom is -0.444 e. The van der Waals surface area contributed by atoms with Crippen molar-refractivity contribution in [3.8, 4) is 0 Å². The smallest absolute Gasteiger partial charge is 0.410 e. The normalized spacial score (nSPS) is 17.6. The number of hydrogen-bond donors (Lipinski definition) is 1. The molecule has 0 radical (unpaired) electrons. The Hall–Kier alpha value is -0.940. The van der Waals surface area contributed by atoms with Crippen molar-refractivity contribution in [2.24, 2.45) is 0 Å². The van der Waals surface area contributed by atoms with E-state index in [1.54, 1.807) is 9.91 Å². The van der Waals surface area contributed by atoms with Crippen LogP contribution in [0.25, 0.3) is 0 Å². The third-order valence-corrected chi connectivity index (χ3v) is 2.31.